The maximum absolute atomic E-state index is 5.51. The number of likely N-dealkylation sites (N-methyl/N-ethyl adjacent to an activating group) is 1. The van der Waals surface area contributed by atoms with Crippen LogP contribution in [-0.2, 0) is 0 Å². The van der Waals surface area contributed by atoms with Gasteiger partial charge >= 0.3 is 0 Å². The van der Waals surface area contributed by atoms with Crippen molar-refractivity contribution in [3.05, 3.63) is 5.89 Å². The van der Waals surface area contributed by atoms with Crippen LogP contribution in [0.2, 0.25) is 0 Å². The lowest BCUT2D eigenvalue weighted by atomic mass is 10.1. The molecule has 0 aromatic carbocycles. The predicted octanol–water partition coefficient (Wildman–Crippen LogP) is 0.664. The highest BCUT2D eigenvalue weighted by molar-refractivity contribution is 5.28. The van der Waals surface area contributed by atoms with Crippen LogP contribution in [-0.4, -0.2) is 54.8 Å². The van der Waals surface area contributed by atoms with Crippen molar-refractivity contribution >= 4 is 5.95 Å². The lowest BCUT2D eigenvalue weighted by Gasteiger charge is -2.31. The quantitative estimate of drug-likeness (QED) is 0.831. The number of nitrogens with two attached hydrogens (primary N) is 1. The molecule has 2 rings (SSSR count). The van der Waals surface area contributed by atoms with Crippen LogP contribution >= 0.6 is 0 Å². The predicted molar refractivity (Wildman–Crippen MR) is 70.7 cm³/mol. The van der Waals surface area contributed by atoms with Crippen molar-refractivity contribution in [2.45, 2.75) is 25.7 Å². The van der Waals surface area contributed by atoms with Crippen molar-refractivity contribution in [1.82, 2.24) is 15.0 Å². The van der Waals surface area contributed by atoms with Crippen LogP contribution in [0.4, 0.5) is 5.95 Å². The van der Waals surface area contributed by atoms with Crippen molar-refractivity contribution in [2.75, 3.05) is 44.7 Å². The van der Waals surface area contributed by atoms with Gasteiger partial charge in [0.15, 0.2) is 0 Å². The third-order valence-corrected chi connectivity index (χ3v) is 3.48. The van der Waals surface area contributed by atoms with Crippen molar-refractivity contribution in [3.8, 4) is 0 Å². The maximum Gasteiger partial charge on any atom is 0.266 e. The molecule has 18 heavy (non-hydrogen) atoms. The van der Waals surface area contributed by atoms with Gasteiger partial charge in [-0.25, -0.2) is 0 Å². The second kappa shape index (κ2) is 6.15. The Hall–Kier alpha value is -1.14. The summed E-state index contributed by atoms with van der Waals surface area (Å²) in [4.78, 5) is 8.99. The van der Waals surface area contributed by atoms with Crippen LogP contribution < -0.4 is 10.6 Å². The van der Waals surface area contributed by atoms with Gasteiger partial charge in [-0.2, -0.15) is 4.98 Å². The van der Waals surface area contributed by atoms with Gasteiger partial charge in [0.1, 0.15) is 0 Å². The average molecular weight is 253 g/mol. The number of aromatic nitrogens is 2. The van der Waals surface area contributed by atoms with E-state index in [1.165, 1.54) is 0 Å². The molecule has 1 atom stereocenters. The number of piperazine rings is 1. The molecule has 1 aliphatic rings. The van der Waals surface area contributed by atoms with E-state index in [1.54, 1.807) is 0 Å². The zero-order valence-electron chi connectivity index (χ0n) is 11.3. The van der Waals surface area contributed by atoms with Crippen LogP contribution in [0.25, 0.3) is 0 Å². The standard InChI is InChI=1S/C12H23N5O/c1-10(4-3-5-13)11-14-12(15-18-11)17-8-6-16(2)7-9-17/h10H,3-9,13H2,1-2H3. The first-order valence-corrected chi connectivity index (χ1v) is 6.68. The summed E-state index contributed by atoms with van der Waals surface area (Å²) in [7, 11) is 2.13. The minimum atomic E-state index is 0.294. The molecule has 0 saturated carbocycles. The highest BCUT2D eigenvalue weighted by atomic mass is 16.5. The van der Waals surface area contributed by atoms with E-state index >= 15 is 0 Å². The van der Waals surface area contributed by atoms with Gasteiger partial charge in [-0.1, -0.05) is 6.92 Å². The Morgan fingerprint density at radius 3 is 2.72 bits per heavy atom. The van der Waals surface area contributed by atoms with Gasteiger partial charge in [-0.15, -0.1) is 0 Å². The fourth-order valence-electron chi connectivity index (χ4n) is 2.11. The SMILES string of the molecule is CC(CCCN)c1nc(N2CCN(C)CC2)no1. The normalized spacial score (nSPS) is 19.2. The van der Waals surface area contributed by atoms with E-state index in [0.717, 1.165) is 50.9 Å². The third kappa shape index (κ3) is 3.20. The number of hydrogen-bond acceptors (Lipinski definition) is 6. The summed E-state index contributed by atoms with van der Waals surface area (Å²) in [6, 6.07) is 0. The minimum Gasteiger partial charge on any atom is -0.337 e. The van der Waals surface area contributed by atoms with E-state index in [0.29, 0.717) is 12.5 Å². The smallest absolute Gasteiger partial charge is 0.266 e. The molecule has 1 fully saturated rings. The lowest BCUT2D eigenvalue weighted by Crippen LogP contribution is -2.44. The summed E-state index contributed by atoms with van der Waals surface area (Å²) in [6.07, 6.45) is 1.99. The molecule has 1 aliphatic heterocycles. The van der Waals surface area contributed by atoms with Gasteiger partial charge in [0.2, 0.25) is 5.89 Å². The van der Waals surface area contributed by atoms with Gasteiger partial charge in [0.05, 0.1) is 0 Å². The fourth-order valence-corrected chi connectivity index (χ4v) is 2.11. The second-order valence-electron chi connectivity index (χ2n) is 5.05. The molecule has 0 spiro atoms. The number of rotatable bonds is 5. The summed E-state index contributed by atoms with van der Waals surface area (Å²) in [5.41, 5.74) is 5.51. The van der Waals surface area contributed by atoms with Crippen LogP contribution in [0, 0.1) is 0 Å². The molecular formula is C12H23N5O. The molecule has 102 valence electrons. The topological polar surface area (TPSA) is 71.4 Å². The summed E-state index contributed by atoms with van der Waals surface area (Å²) < 4.78 is 5.35. The van der Waals surface area contributed by atoms with Crippen molar-refractivity contribution < 1.29 is 4.52 Å². The lowest BCUT2D eigenvalue weighted by molar-refractivity contribution is 0.308. The van der Waals surface area contributed by atoms with Gasteiger partial charge < -0.3 is 20.1 Å². The van der Waals surface area contributed by atoms with Crippen molar-refractivity contribution in [1.29, 1.82) is 0 Å². The summed E-state index contributed by atoms with van der Waals surface area (Å²) in [6.45, 7) is 6.85. The average Bonchev–Trinajstić information content (AvgIpc) is 2.86. The first kappa shape index (κ1) is 13.3. The van der Waals surface area contributed by atoms with Gasteiger partial charge in [0, 0.05) is 32.1 Å². The molecule has 1 saturated heterocycles. The number of hydrogen-bond donors (Lipinski definition) is 1. The molecule has 6 nitrogen and oxygen atoms in total. The Morgan fingerprint density at radius 2 is 2.06 bits per heavy atom. The van der Waals surface area contributed by atoms with E-state index in [2.05, 4.69) is 33.9 Å². The Morgan fingerprint density at radius 1 is 1.33 bits per heavy atom. The Kier molecular flexibility index (Phi) is 4.54. The molecule has 0 aliphatic carbocycles. The second-order valence-corrected chi connectivity index (χ2v) is 5.05. The molecule has 6 heteroatoms. The third-order valence-electron chi connectivity index (χ3n) is 3.48. The van der Waals surface area contributed by atoms with Gasteiger partial charge in [-0.3, -0.25) is 0 Å². The molecule has 2 N–H and O–H groups in total. The minimum absolute atomic E-state index is 0.294. The molecule has 0 amide bonds. The summed E-state index contributed by atoms with van der Waals surface area (Å²) in [5.74, 6) is 1.76. The van der Waals surface area contributed by atoms with Crippen LogP contribution in [0.1, 0.15) is 31.6 Å². The molecule has 0 bridgehead atoms. The van der Waals surface area contributed by atoms with Crippen molar-refractivity contribution in [3.63, 3.8) is 0 Å². The van der Waals surface area contributed by atoms with E-state index in [1.807, 2.05) is 0 Å². The Balaban J connectivity index is 1.93. The Bertz CT molecular complexity index is 359. The maximum atomic E-state index is 5.51. The Labute approximate surface area is 108 Å². The number of nitrogens with zero attached hydrogens (tertiary/aromatic N) is 4. The molecule has 0 radical (unpaired) electrons. The molecular weight excluding hydrogens is 230 g/mol. The van der Waals surface area contributed by atoms with Crippen molar-refractivity contribution in [2.24, 2.45) is 5.73 Å². The molecule has 2 heterocycles. The summed E-state index contributed by atoms with van der Waals surface area (Å²) in [5, 5.41) is 4.08. The molecule has 1 aromatic heterocycles. The molecule has 1 aromatic rings. The first-order chi connectivity index (χ1) is 8.70. The highest BCUT2D eigenvalue weighted by Crippen LogP contribution is 2.21. The molecule has 1 unspecified atom stereocenters. The number of anilines is 1. The summed E-state index contributed by atoms with van der Waals surface area (Å²) >= 11 is 0. The van der Waals surface area contributed by atoms with Gasteiger partial charge in [0.25, 0.3) is 5.95 Å². The first-order valence-electron chi connectivity index (χ1n) is 6.68. The van der Waals surface area contributed by atoms with Crippen LogP contribution in [0.5, 0.6) is 0 Å². The largest absolute Gasteiger partial charge is 0.337 e. The van der Waals surface area contributed by atoms with E-state index in [-0.39, 0.29) is 0 Å². The van der Waals surface area contributed by atoms with Crippen LogP contribution in [0.15, 0.2) is 4.52 Å². The highest BCUT2D eigenvalue weighted by Gasteiger charge is 2.20. The van der Waals surface area contributed by atoms with Gasteiger partial charge in [-0.05, 0) is 31.6 Å². The van der Waals surface area contributed by atoms with E-state index < -0.39 is 0 Å². The monoisotopic (exact) mass is 253 g/mol. The van der Waals surface area contributed by atoms with E-state index in [9.17, 15) is 0 Å². The van der Waals surface area contributed by atoms with E-state index in [4.69, 9.17) is 10.3 Å². The van der Waals surface area contributed by atoms with Crippen LogP contribution in [0.3, 0.4) is 0 Å². The fraction of sp³-hybridized carbons (Fsp3) is 0.833. The zero-order valence-corrected chi connectivity index (χ0v) is 11.3. The zero-order chi connectivity index (χ0) is 13.0.